The van der Waals surface area contributed by atoms with Crippen LogP contribution in [0.1, 0.15) is 52.9 Å². The van der Waals surface area contributed by atoms with Crippen LogP contribution < -0.4 is 5.32 Å². The number of nitrogens with one attached hydrogen (secondary N) is 1. The molecule has 1 saturated heterocycles. The number of nitrogens with zero attached hydrogens (tertiary/aromatic N) is 1. The summed E-state index contributed by atoms with van der Waals surface area (Å²) in [6, 6.07) is -0.637. The largest absolute Gasteiger partial charge is 0.342 e. The van der Waals surface area contributed by atoms with Crippen LogP contribution in [0.25, 0.3) is 0 Å². The first-order valence-corrected chi connectivity index (χ1v) is 7.65. The molecule has 2 amide bonds. The normalized spacial score (nSPS) is 29.3. The molecule has 1 aliphatic heterocycles. The Bertz CT molecular complexity index is 352. The Kier molecular flexibility index (Phi) is 4.48. The van der Waals surface area contributed by atoms with Gasteiger partial charge in [-0.15, -0.1) is 0 Å². The van der Waals surface area contributed by atoms with Crippen molar-refractivity contribution in [3.05, 3.63) is 0 Å². The highest BCUT2D eigenvalue weighted by molar-refractivity contribution is 5.96. The first kappa shape index (κ1) is 14.4. The highest BCUT2D eigenvalue weighted by Crippen LogP contribution is 2.33. The van der Waals surface area contributed by atoms with Gasteiger partial charge in [0.25, 0.3) is 0 Å². The Morgan fingerprint density at radius 3 is 2.63 bits per heavy atom. The van der Waals surface area contributed by atoms with E-state index in [-0.39, 0.29) is 29.8 Å². The fourth-order valence-electron chi connectivity index (χ4n) is 2.73. The third-order valence-corrected chi connectivity index (χ3v) is 4.62. The fourth-order valence-corrected chi connectivity index (χ4v) is 2.73. The average molecular weight is 266 g/mol. The summed E-state index contributed by atoms with van der Waals surface area (Å²) in [6.07, 6.45) is 5.83. The van der Waals surface area contributed by atoms with Crippen molar-refractivity contribution in [2.24, 2.45) is 11.8 Å². The maximum absolute atomic E-state index is 12.5. The molecule has 0 radical (unpaired) electrons. The molecule has 4 heteroatoms. The molecule has 0 spiro atoms. The van der Waals surface area contributed by atoms with Crippen LogP contribution in [0.2, 0.25) is 0 Å². The topological polar surface area (TPSA) is 49.4 Å². The summed E-state index contributed by atoms with van der Waals surface area (Å²) in [5.41, 5.74) is 0. The molecular formula is C15H26N2O2. The number of hydrogen-bond donors (Lipinski definition) is 1. The predicted molar refractivity (Wildman–Crippen MR) is 74.5 cm³/mol. The molecule has 0 bridgehead atoms. The number of carbonyl (C=O) groups excluding carboxylic acids is 2. The van der Waals surface area contributed by atoms with Crippen LogP contribution in [0.4, 0.5) is 0 Å². The molecule has 0 aromatic carbocycles. The Labute approximate surface area is 115 Å². The Balaban J connectivity index is 1.96. The third-order valence-electron chi connectivity index (χ3n) is 4.62. The van der Waals surface area contributed by atoms with E-state index in [4.69, 9.17) is 0 Å². The van der Waals surface area contributed by atoms with E-state index < -0.39 is 0 Å². The number of piperazine rings is 1. The summed E-state index contributed by atoms with van der Waals surface area (Å²) in [7, 11) is 0. The van der Waals surface area contributed by atoms with Crippen LogP contribution >= 0.6 is 0 Å². The van der Waals surface area contributed by atoms with E-state index in [9.17, 15) is 9.59 Å². The van der Waals surface area contributed by atoms with Crippen molar-refractivity contribution in [3.8, 4) is 0 Å². The van der Waals surface area contributed by atoms with Gasteiger partial charge in [0, 0.05) is 6.54 Å². The van der Waals surface area contributed by atoms with Gasteiger partial charge in [-0.2, -0.15) is 0 Å². The lowest BCUT2D eigenvalue weighted by atomic mass is 9.94. The monoisotopic (exact) mass is 266 g/mol. The quantitative estimate of drug-likeness (QED) is 0.798. The lowest BCUT2D eigenvalue weighted by molar-refractivity contribution is -0.150. The molecule has 2 aliphatic rings. The van der Waals surface area contributed by atoms with Crippen molar-refractivity contribution < 1.29 is 9.59 Å². The van der Waals surface area contributed by atoms with E-state index in [1.807, 2.05) is 13.8 Å². The molecule has 19 heavy (non-hydrogen) atoms. The van der Waals surface area contributed by atoms with Gasteiger partial charge < -0.3 is 10.2 Å². The fraction of sp³-hybridized carbons (Fsp3) is 0.867. The lowest BCUT2D eigenvalue weighted by Gasteiger charge is -2.39. The molecular weight excluding hydrogens is 240 g/mol. The summed E-state index contributed by atoms with van der Waals surface area (Å²) >= 11 is 0. The van der Waals surface area contributed by atoms with Gasteiger partial charge in [0.15, 0.2) is 0 Å². The smallest absolute Gasteiger partial charge is 0.246 e. The molecule has 0 aromatic heterocycles. The van der Waals surface area contributed by atoms with Gasteiger partial charge in [-0.05, 0) is 31.6 Å². The summed E-state index contributed by atoms with van der Waals surface area (Å²) in [5, 5.41) is 2.88. The van der Waals surface area contributed by atoms with Gasteiger partial charge in [0.05, 0.1) is 0 Å². The molecule has 0 aromatic rings. The van der Waals surface area contributed by atoms with Crippen molar-refractivity contribution in [2.45, 2.75) is 65.0 Å². The highest BCUT2D eigenvalue weighted by atomic mass is 16.2. The standard InChI is InChI=1S/C15H26N2O2/c1-4-10(2)13-15(19)17(11(3)14(18)16-13)9-5-6-12-7-8-12/h10-13H,4-9H2,1-3H3,(H,16,18). The summed E-state index contributed by atoms with van der Waals surface area (Å²) in [5.74, 6) is 1.19. The van der Waals surface area contributed by atoms with Crippen LogP contribution in [0.15, 0.2) is 0 Å². The minimum atomic E-state index is -0.324. The second-order valence-corrected chi connectivity index (χ2v) is 6.17. The zero-order valence-corrected chi connectivity index (χ0v) is 12.3. The number of amides is 2. The van der Waals surface area contributed by atoms with Gasteiger partial charge in [-0.3, -0.25) is 9.59 Å². The van der Waals surface area contributed by atoms with Crippen LogP contribution in [-0.2, 0) is 9.59 Å². The van der Waals surface area contributed by atoms with Crippen molar-refractivity contribution in [1.82, 2.24) is 10.2 Å². The molecule has 2 rings (SSSR count). The molecule has 2 fully saturated rings. The first-order valence-electron chi connectivity index (χ1n) is 7.65. The van der Waals surface area contributed by atoms with E-state index in [1.54, 1.807) is 4.90 Å². The Morgan fingerprint density at radius 1 is 1.37 bits per heavy atom. The average Bonchev–Trinajstić information content (AvgIpc) is 3.21. The van der Waals surface area contributed by atoms with Crippen molar-refractivity contribution in [1.29, 1.82) is 0 Å². The van der Waals surface area contributed by atoms with E-state index in [1.165, 1.54) is 19.3 Å². The number of rotatable bonds is 6. The van der Waals surface area contributed by atoms with E-state index >= 15 is 0 Å². The molecule has 3 unspecified atom stereocenters. The molecule has 1 N–H and O–H groups in total. The molecule has 108 valence electrons. The maximum atomic E-state index is 12.5. The molecule has 1 saturated carbocycles. The van der Waals surface area contributed by atoms with Crippen molar-refractivity contribution in [3.63, 3.8) is 0 Å². The van der Waals surface area contributed by atoms with Crippen molar-refractivity contribution in [2.75, 3.05) is 6.54 Å². The summed E-state index contributed by atoms with van der Waals surface area (Å²) in [4.78, 5) is 26.3. The van der Waals surface area contributed by atoms with Crippen LogP contribution in [-0.4, -0.2) is 35.3 Å². The molecule has 1 aliphatic carbocycles. The maximum Gasteiger partial charge on any atom is 0.246 e. The molecule has 4 nitrogen and oxygen atoms in total. The minimum Gasteiger partial charge on any atom is -0.342 e. The molecule has 1 heterocycles. The summed E-state index contributed by atoms with van der Waals surface area (Å²) in [6.45, 7) is 6.65. The summed E-state index contributed by atoms with van der Waals surface area (Å²) < 4.78 is 0. The Hall–Kier alpha value is -1.06. The first-order chi connectivity index (χ1) is 9.04. The van der Waals surface area contributed by atoms with Gasteiger partial charge >= 0.3 is 0 Å². The lowest BCUT2D eigenvalue weighted by Crippen LogP contribution is -2.64. The minimum absolute atomic E-state index is 0.00341. The second-order valence-electron chi connectivity index (χ2n) is 6.17. The van der Waals surface area contributed by atoms with E-state index in [2.05, 4.69) is 12.2 Å². The molecule has 3 atom stereocenters. The third kappa shape index (κ3) is 3.28. The van der Waals surface area contributed by atoms with Crippen LogP contribution in [0, 0.1) is 11.8 Å². The number of carbonyl (C=O) groups is 2. The SMILES string of the molecule is CCC(C)C1NC(=O)C(C)N(CCCC2CC2)C1=O. The Morgan fingerprint density at radius 2 is 2.05 bits per heavy atom. The van der Waals surface area contributed by atoms with E-state index in [0.717, 1.165) is 25.3 Å². The van der Waals surface area contributed by atoms with Crippen LogP contribution in [0.3, 0.4) is 0 Å². The zero-order valence-electron chi connectivity index (χ0n) is 12.3. The second kappa shape index (κ2) is 5.93. The number of hydrogen-bond acceptors (Lipinski definition) is 2. The van der Waals surface area contributed by atoms with E-state index in [0.29, 0.717) is 0 Å². The van der Waals surface area contributed by atoms with Gasteiger partial charge in [0.1, 0.15) is 12.1 Å². The van der Waals surface area contributed by atoms with Gasteiger partial charge in [-0.25, -0.2) is 0 Å². The van der Waals surface area contributed by atoms with Gasteiger partial charge in [0.2, 0.25) is 11.8 Å². The highest BCUT2D eigenvalue weighted by Gasteiger charge is 2.39. The zero-order chi connectivity index (χ0) is 14.0. The van der Waals surface area contributed by atoms with Gasteiger partial charge in [-0.1, -0.05) is 33.1 Å². The predicted octanol–water partition coefficient (Wildman–Crippen LogP) is 1.94. The van der Waals surface area contributed by atoms with Crippen LogP contribution in [0.5, 0.6) is 0 Å². The van der Waals surface area contributed by atoms with Crippen molar-refractivity contribution >= 4 is 11.8 Å².